The third-order valence-corrected chi connectivity index (χ3v) is 6.55. The lowest BCUT2D eigenvalue weighted by molar-refractivity contribution is -0.137. The van der Waals surface area contributed by atoms with Crippen molar-refractivity contribution in [3.05, 3.63) is 47.2 Å². The Balaban J connectivity index is 1.81. The maximum Gasteiger partial charge on any atom is 0.225 e. The number of benzene rings is 1. The van der Waals surface area contributed by atoms with Crippen LogP contribution >= 0.6 is 11.6 Å². The normalized spacial score (nSPS) is 19.0. The van der Waals surface area contributed by atoms with Gasteiger partial charge < -0.3 is 9.32 Å². The molecule has 140 valence electrons. The van der Waals surface area contributed by atoms with Crippen molar-refractivity contribution in [3.8, 4) is 11.3 Å². The Morgan fingerprint density at radius 2 is 1.92 bits per heavy atom. The molecule has 26 heavy (non-hydrogen) atoms. The van der Waals surface area contributed by atoms with Gasteiger partial charge in [0, 0.05) is 22.5 Å². The zero-order valence-electron chi connectivity index (χ0n) is 14.8. The quantitative estimate of drug-likeness (QED) is 0.772. The van der Waals surface area contributed by atoms with Crippen molar-refractivity contribution >= 4 is 27.3 Å². The Morgan fingerprint density at radius 3 is 2.50 bits per heavy atom. The summed E-state index contributed by atoms with van der Waals surface area (Å²) in [6.07, 6.45) is 0.478. The largest absolute Gasteiger partial charge is 0.459 e. The molecule has 1 aliphatic rings. The number of hydrogen-bond acceptors (Lipinski definition) is 4. The number of amides is 1. The van der Waals surface area contributed by atoms with Crippen LogP contribution in [-0.4, -0.2) is 36.8 Å². The first-order chi connectivity index (χ1) is 12.2. The van der Waals surface area contributed by atoms with Crippen LogP contribution in [0.2, 0.25) is 5.02 Å². The van der Waals surface area contributed by atoms with Crippen molar-refractivity contribution in [1.29, 1.82) is 0 Å². The molecule has 0 saturated carbocycles. The average molecular weight is 396 g/mol. The zero-order valence-corrected chi connectivity index (χ0v) is 16.4. The van der Waals surface area contributed by atoms with Crippen LogP contribution in [0.4, 0.5) is 0 Å². The van der Waals surface area contributed by atoms with E-state index in [1.807, 2.05) is 38.1 Å². The molecule has 0 spiro atoms. The van der Waals surface area contributed by atoms with Crippen LogP contribution in [0.3, 0.4) is 0 Å². The van der Waals surface area contributed by atoms with Crippen molar-refractivity contribution in [2.45, 2.75) is 32.9 Å². The summed E-state index contributed by atoms with van der Waals surface area (Å²) in [6.45, 7) is 3.91. The Bertz CT molecular complexity index is 887. The molecule has 1 amide bonds. The Labute approximate surface area is 158 Å². The van der Waals surface area contributed by atoms with Gasteiger partial charge in [0.25, 0.3) is 0 Å². The van der Waals surface area contributed by atoms with Gasteiger partial charge in [-0.1, -0.05) is 25.4 Å². The van der Waals surface area contributed by atoms with E-state index in [2.05, 4.69) is 0 Å². The van der Waals surface area contributed by atoms with E-state index in [0.29, 0.717) is 23.0 Å². The third kappa shape index (κ3) is 4.30. The number of rotatable bonds is 5. The van der Waals surface area contributed by atoms with Crippen LogP contribution < -0.4 is 0 Å². The molecule has 3 rings (SSSR count). The van der Waals surface area contributed by atoms with E-state index >= 15 is 0 Å². The van der Waals surface area contributed by atoms with E-state index in [-0.39, 0.29) is 35.9 Å². The highest BCUT2D eigenvalue weighted by atomic mass is 35.5. The summed E-state index contributed by atoms with van der Waals surface area (Å²) in [6, 6.07) is 10.7. The van der Waals surface area contributed by atoms with E-state index in [1.165, 1.54) is 0 Å². The minimum absolute atomic E-state index is 0.0240. The fourth-order valence-corrected chi connectivity index (χ4v) is 5.00. The van der Waals surface area contributed by atoms with Crippen molar-refractivity contribution in [1.82, 2.24) is 4.90 Å². The first-order valence-electron chi connectivity index (χ1n) is 8.61. The highest BCUT2D eigenvalue weighted by Gasteiger charge is 2.35. The van der Waals surface area contributed by atoms with Gasteiger partial charge in [0.2, 0.25) is 5.91 Å². The number of hydrogen-bond donors (Lipinski definition) is 0. The number of halogens is 1. The van der Waals surface area contributed by atoms with Crippen LogP contribution in [0, 0.1) is 5.92 Å². The highest BCUT2D eigenvalue weighted by Crippen LogP contribution is 2.27. The molecule has 0 unspecified atom stereocenters. The summed E-state index contributed by atoms with van der Waals surface area (Å²) < 4.78 is 29.6. The first kappa shape index (κ1) is 19.0. The molecule has 0 bridgehead atoms. The van der Waals surface area contributed by atoms with E-state index in [0.717, 1.165) is 5.56 Å². The van der Waals surface area contributed by atoms with Gasteiger partial charge >= 0.3 is 0 Å². The Kier molecular flexibility index (Phi) is 5.44. The summed E-state index contributed by atoms with van der Waals surface area (Å²) in [5.41, 5.74) is 0.894. The predicted molar refractivity (Wildman–Crippen MR) is 102 cm³/mol. The van der Waals surface area contributed by atoms with Gasteiger partial charge in [-0.05, 0) is 42.8 Å². The fraction of sp³-hybridized carbons (Fsp3) is 0.421. The van der Waals surface area contributed by atoms with Crippen LogP contribution in [0.25, 0.3) is 11.3 Å². The smallest absolute Gasteiger partial charge is 0.225 e. The molecule has 1 saturated heterocycles. The maximum absolute atomic E-state index is 12.6. The van der Waals surface area contributed by atoms with Gasteiger partial charge in [0.1, 0.15) is 11.5 Å². The molecule has 2 aromatic rings. The van der Waals surface area contributed by atoms with E-state index < -0.39 is 9.84 Å². The van der Waals surface area contributed by atoms with E-state index in [1.54, 1.807) is 17.0 Å². The van der Waals surface area contributed by atoms with Crippen LogP contribution in [0.1, 0.15) is 26.0 Å². The molecule has 1 aromatic heterocycles. The van der Waals surface area contributed by atoms with Gasteiger partial charge in [0.05, 0.1) is 18.1 Å². The monoisotopic (exact) mass is 395 g/mol. The van der Waals surface area contributed by atoms with Gasteiger partial charge in [0.15, 0.2) is 9.84 Å². The molecule has 1 fully saturated rings. The van der Waals surface area contributed by atoms with Crippen molar-refractivity contribution in [2.24, 2.45) is 5.92 Å². The summed E-state index contributed by atoms with van der Waals surface area (Å²) in [5.74, 6) is 1.21. The molecule has 1 aromatic carbocycles. The third-order valence-electron chi connectivity index (χ3n) is 4.54. The van der Waals surface area contributed by atoms with Crippen molar-refractivity contribution in [3.63, 3.8) is 0 Å². The van der Waals surface area contributed by atoms with Gasteiger partial charge in [-0.25, -0.2) is 8.42 Å². The van der Waals surface area contributed by atoms with Crippen LogP contribution in [0.15, 0.2) is 40.8 Å². The fourth-order valence-electron chi connectivity index (χ4n) is 3.14. The summed E-state index contributed by atoms with van der Waals surface area (Å²) in [4.78, 5) is 14.3. The molecular weight excluding hydrogens is 374 g/mol. The van der Waals surface area contributed by atoms with Gasteiger partial charge in [-0.2, -0.15) is 0 Å². The minimum atomic E-state index is -3.07. The van der Waals surface area contributed by atoms with Crippen molar-refractivity contribution in [2.75, 3.05) is 11.5 Å². The minimum Gasteiger partial charge on any atom is -0.459 e. The number of nitrogens with zero attached hydrogens (tertiary/aromatic N) is 1. The SMILES string of the molecule is CC(C)C(=O)N(Cc1ccc(-c2ccc(Cl)cc2)o1)[C@H]1CCS(=O)(=O)C1. The lowest BCUT2D eigenvalue weighted by atomic mass is 10.1. The number of sulfone groups is 1. The molecule has 0 aliphatic carbocycles. The summed E-state index contributed by atoms with van der Waals surface area (Å²) >= 11 is 5.91. The van der Waals surface area contributed by atoms with Crippen LogP contribution in [-0.2, 0) is 21.2 Å². The Morgan fingerprint density at radius 1 is 1.23 bits per heavy atom. The summed E-state index contributed by atoms with van der Waals surface area (Å²) in [7, 11) is -3.07. The number of furan rings is 1. The van der Waals surface area contributed by atoms with Gasteiger partial charge in [-0.15, -0.1) is 0 Å². The van der Waals surface area contributed by atoms with Crippen molar-refractivity contribution < 1.29 is 17.6 Å². The highest BCUT2D eigenvalue weighted by molar-refractivity contribution is 7.91. The maximum atomic E-state index is 12.6. The van der Waals surface area contributed by atoms with Gasteiger partial charge in [-0.3, -0.25) is 4.79 Å². The lowest BCUT2D eigenvalue weighted by Crippen LogP contribution is -2.42. The second-order valence-electron chi connectivity index (χ2n) is 6.95. The molecule has 1 atom stereocenters. The number of carbonyl (C=O) groups excluding carboxylic acids is 1. The second kappa shape index (κ2) is 7.45. The molecule has 0 radical (unpaired) electrons. The second-order valence-corrected chi connectivity index (χ2v) is 9.62. The molecule has 2 heterocycles. The van der Waals surface area contributed by atoms with Crippen LogP contribution in [0.5, 0.6) is 0 Å². The van der Waals surface area contributed by atoms with E-state index in [4.69, 9.17) is 16.0 Å². The first-order valence-corrected chi connectivity index (χ1v) is 10.8. The topological polar surface area (TPSA) is 67.6 Å². The molecule has 5 nitrogen and oxygen atoms in total. The average Bonchev–Trinajstić information content (AvgIpc) is 3.19. The molecular formula is C19H22ClNO4S. The molecule has 1 aliphatic heterocycles. The number of carbonyl (C=O) groups is 1. The summed E-state index contributed by atoms with van der Waals surface area (Å²) in [5, 5.41) is 0.650. The lowest BCUT2D eigenvalue weighted by Gasteiger charge is -2.29. The molecule has 0 N–H and O–H groups in total. The molecule has 7 heteroatoms. The Hall–Kier alpha value is -1.79. The van der Waals surface area contributed by atoms with E-state index in [9.17, 15) is 13.2 Å². The predicted octanol–water partition coefficient (Wildman–Crippen LogP) is 3.77. The zero-order chi connectivity index (χ0) is 18.9. The standard InChI is InChI=1S/C19H22ClNO4S/c1-13(2)19(22)21(16-9-10-26(23,24)12-16)11-17-7-8-18(25-17)14-3-5-15(20)6-4-14/h3-8,13,16H,9-12H2,1-2H3/t16-/m0/s1.